The topological polar surface area (TPSA) is 80.1 Å². The third-order valence-electron chi connectivity index (χ3n) is 4.60. The van der Waals surface area contributed by atoms with Crippen molar-refractivity contribution >= 4 is 6.03 Å². The maximum absolute atomic E-state index is 12.4. The van der Waals surface area contributed by atoms with E-state index in [2.05, 4.69) is 15.4 Å². The summed E-state index contributed by atoms with van der Waals surface area (Å²) in [5.41, 5.74) is 1.88. The summed E-state index contributed by atoms with van der Waals surface area (Å²) in [6.07, 6.45) is 0. The van der Waals surface area contributed by atoms with Gasteiger partial charge in [-0.3, -0.25) is 4.90 Å². The molecule has 2 aromatic rings. The van der Waals surface area contributed by atoms with E-state index in [1.165, 1.54) is 0 Å². The quantitative estimate of drug-likeness (QED) is 0.897. The fraction of sp³-hybridized carbons (Fsp3) is 0.444. The summed E-state index contributed by atoms with van der Waals surface area (Å²) < 4.78 is 15.9. The first-order valence-electron chi connectivity index (χ1n) is 8.73. The molecule has 138 valence electrons. The minimum absolute atomic E-state index is 0.0437. The molecule has 0 bridgehead atoms. The fourth-order valence-electron chi connectivity index (χ4n) is 3.16. The van der Waals surface area contributed by atoms with Crippen LogP contribution in [0.15, 0.2) is 28.8 Å². The maximum Gasteiger partial charge on any atom is 0.317 e. The van der Waals surface area contributed by atoms with Gasteiger partial charge in [0.1, 0.15) is 0 Å². The highest BCUT2D eigenvalue weighted by Gasteiger charge is 2.22. The van der Waals surface area contributed by atoms with Crippen molar-refractivity contribution in [1.29, 1.82) is 0 Å². The van der Waals surface area contributed by atoms with Gasteiger partial charge in [-0.15, -0.1) is 0 Å². The average molecular weight is 358 g/mol. The molecule has 8 nitrogen and oxygen atoms in total. The zero-order valence-electron chi connectivity index (χ0n) is 14.7. The summed E-state index contributed by atoms with van der Waals surface area (Å²) in [6, 6.07) is 7.61. The fourth-order valence-corrected chi connectivity index (χ4v) is 3.16. The second kappa shape index (κ2) is 7.25. The molecule has 2 aliphatic rings. The lowest BCUT2D eigenvalue weighted by molar-refractivity contribution is 0.127. The van der Waals surface area contributed by atoms with Crippen LogP contribution >= 0.6 is 0 Å². The first-order valence-corrected chi connectivity index (χ1v) is 8.73. The Balaban J connectivity index is 1.23. The zero-order valence-corrected chi connectivity index (χ0v) is 14.7. The Morgan fingerprint density at radius 1 is 1.15 bits per heavy atom. The lowest BCUT2D eigenvalue weighted by atomic mass is 10.2. The highest BCUT2D eigenvalue weighted by atomic mass is 16.7. The minimum atomic E-state index is -0.0437. The van der Waals surface area contributed by atoms with Crippen LogP contribution in [0.3, 0.4) is 0 Å². The predicted octanol–water partition coefficient (Wildman–Crippen LogP) is 1.74. The van der Waals surface area contributed by atoms with Gasteiger partial charge in [-0.1, -0.05) is 11.2 Å². The van der Waals surface area contributed by atoms with Crippen LogP contribution in [0.2, 0.25) is 0 Å². The van der Waals surface area contributed by atoms with Gasteiger partial charge in [0.05, 0.1) is 12.2 Å². The first kappa shape index (κ1) is 16.7. The first-order chi connectivity index (χ1) is 12.7. The summed E-state index contributed by atoms with van der Waals surface area (Å²) >= 11 is 0. The lowest BCUT2D eigenvalue weighted by Gasteiger charge is -2.34. The smallest absolute Gasteiger partial charge is 0.317 e. The van der Waals surface area contributed by atoms with Gasteiger partial charge >= 0.3 is 6.03 Å². The monoisotopic (exact) mass is 358 g/mol. The molecule has 2 aliphatic heterocycles. The van der Waals surface area contributed by atoms with Gasteiger partial charge in [0, 0.05) is 38.8 Å². The van der Waals surface area contributed by atoms with Crippen LogP contribution in [0.5, 0.6) is 11.5 Å². The Bertz CT molecular complexity index is 783. The second-order valence-electron chi connectivity index (χ2n) is 6.54. The molecule has 0 radical (unpaired) electrons. The molecule has 8 heteroatoms. The van der Waals surface area contributed by atoms with Crippen molar-refractivity contribution in [2.75, 3.05) is 33.0 Å². The predicted molar refractivity (Wildman–Crippen MR) is 92.9 cm³/mol. The summed E-state index contributed by atoms with van der Waals surface area (Å²) in [5.74, 6) is 2.34. The highest BCUT2D eigenvalue weighted by Crippen LogP contribution is 2.32. The molecule has 1 N–H and O–H groups in total. The second-order valence-corrected chi connectivity index (χ2v) is 6.54. The molecule has 3 heterocycles. The lowest BCUT2D eigenvalue weighted by Crippen LogP contribution is -2.51. The van der Waals surface area contributed by atoms with Crippen LogP contribution in [0, 0.1) is 6.92 Å². The number of aryl methyl sites for hydroxylation is 1. The number of ether oxygens (including phenoxy) is 2. The molecule has 2 amide bonds. The highest BCUT2D eigenvalue weighted by molar-refractivity contribution is 5.74. The zero-order chi connectivity index (χ0) is 17.9. The van der Waals surface area contributed by atoms with Gasteiger partial charge in [-0.2, -0.15) is 0 Å². The van der Waals surface area contributed by atoms with Crippen LogP contribution in [0.25, 0.3) is 0 Å². The Hall–Kier alpha value is -2.74. The van der Waals surface area contributed by atoms with E-state index in [4.69, 9.17) is 14.0 Å². The number of urea groups is 1. The molecule has 0 atom stereocenters. The molecule has 0 unspecified atom stereocenters. The van der Waals surface area contributed by atoms with Crippen LogP contribution in [0.4, 0.5) is 4.79 Å². The van der Waals surface area contributed by atoms with E-state index in [0.717, 1.165) is 48.2 Å². The van der Waals surface area contributed by atoms with Crippen molar-refractivity contribution in [1.82, 2.24) is 20.3 Å². The standard InChI is InChI=1S/C18H22N4O4/c1-13-8-15(26-20-13)11-21-4-6-22(7-5-21)18(23)19-10-14-2-3-16-17(9-14)25-12-24-16/h2-3,8-9H,4-7,10-12H2,1H3,(H,19,23). The summed E-state index contributed by atoms with van der Waals surface area (Å²) in [6.45, 7) is 6.38. The number of aromatic nitrogens is 1. The van der Waals surface area contributed by atoms with Gasteiger partial charge in [-0.25, -0.2) is 4.79 Å². The van der Waals surface area contributed by atoms with E-state index >= 15 is 0 Å². The number of hydrogen-bond acceptors (Lipinski definition) is 6. The number of amides is 2. The van der Waals surface area contributed by atoms with Gasteiger partial charge in [0.25, 0.3) is 0 Å². The molecule has 1 aromatic carbocycles. The largest absolute Gasteiger partial charge is 0.454 e. The summed E-state index contributed by atoms with van der Waals surface area (Å²) in [7, 11) is 0. The Labute approximate surface area is 151 Å². The third kappa shape index (κ3) is 3.75. The molecule has 1 fully saturated rings. The molecule has 0 saturated carbocycles. The van der Waals surface area contributed by atoms with E-state index in [9.17, 15) is 4.79 Å². The van der Waals surface area contributed by atoms with Gasteiger partial charge in [0.15, 0.2) is 17.3 Å². The Morgan fingerprint density at radius 2 is 1.96 bits per heavy atom. The molecule has 1 saturated heterocycles. The van der Waals surface area contributed by atoms with Crippen molar-refractivity contribution in [2.24, 2.45) is 0 Å². The van der Waals surface area contributed by atoms with Crippen LogP contribution in [0.1, 0.15) is 17.0 Å². The number of hydrogen-bond donors (Lipinski definition) is 1. The molecule has 26 heavy (non-hydrogen) atoms. The number of carbonyl (C=O) groups excluding carboxylic acids is 1. The minimum Gasteiger partial charge on any atom is -0.454 e. The van der Waals surface area contributed by atoms with E-state index in [1.54, 1.807) is 0 Å². The van der Waals surface area contributed by atoms with E-state index < -0.39 is 0 Å². The normalized spacial score (nSPS) is 16.7. The van der Waals surface area contributed by atoms with Crippen molar-refractivity contribution in [3.8, 4) is 11.5 Å². The number of piperazine rings is 1. The number of benzene rings is 1. The van der Waals surface area contributed by atoms with Gasteiger partial charge in [-0.05, 0) is 24.6 Å². The Kier molecular flexibility index (Phi) is 4.66. The molecular weight excluding hydrogens is 336 g/mol. The van der Waals surface area contributed by atoms with Crippen LogP contribution in [-0.2, 0) is 13.1 Å². The molecule has 0 aliphatic carbocycles. The van der Waals surface area contributed by atoms with E-state index in [1.807, 2.05) is 36.1 Å². The Morgan fingerprint density at radius 3 is 2.73 bits per heavy atom. The number of fused-ring (bicyclic) bond motifs is 1. The molecular formula is C18H22N4O4. The van der Waals surface area contributed by atoms with Crippen molar-refractivity contribution < 1.29 is 18.8 Å². The molecule has 4 rings (SSSR count). The number of nitrogens with one attached hydrogen (secondary N) is 1. The van der Waals surface area contributed by atoms with E-state index in [0.29, 0.717) is 19.6 Å². The number of nitrogens with zero attached hydrogens (tertiary/aromatic N) is 3. The average Bonchev–Trinajstić information content (AvgIpc) is 3.28. The number of rotatable bonds is 4. The maximum atomic E-state index is 12.4. The molecule has 1 aromatic heterocycles. The van der Waals surface area contributed by atoms with Crippen LogP contribution < -0.4 is 14.8 Å². The summed E-state index contributed by atoms with van der Waals surface area (Å²) in [4.78, 5) is 16.5. The van der Waals surface area contributed by atoms with Crippen molar-refractivity contribution in [2.45, 2.75) is 20.0 Å². The van der Waals surface area contributed by atoms with Crippen molar-refractivity contribution in [3.05, 3.63) is 41.3 Å². The molecule has 0 spiro atoms. The van der Waals surface area contributed by atoms with E-state index in [-0.39, 0.29) is 12.8 Å². The van der Waals surface area contributed by atoms with Crippen LogP contribution in [-0.4, -0.2) is 54.0 Å². The number of carbonyl (C=O) groups is 1. The van der Waals surface area contributed by atoms with Crippen molar-refractivity contribution in [3.63, 3.8) is 0 Å². The SMILES string of the molecule is Cc1cc(CN2CCN(C(=O)NCc3ccc4c(c3)OCO4)CC2)on1. The third-order valence-corrected chi connectivity index (χ3v) is 4.60. The van der Waals surface area contributed by atoms with Gasteiger partial charge in [0.2, 0.25) is 6.79 Å². The summed E-state index contributed by atoms with van der Waals surface area (Å²) in [5, 5.41) is 6.88. The van der Waals surface area contributed by atoms with Gasteiger partial charge < -0.3 is 24.2 Å².